The van der Waals surface area contributed by atoms with Gasteiger partial charge in [-0.2, -0.15) is 0 Å². The molecule has 0 aromatic rings. The Labute approximate surface area is 97.1 Å². The largest absolute Gasteiger partial charge is 0.480 e. The van der Waals surface area contributed by atoms with E-state index in [1.165, 1.54) is 7.05 Å². The van der Waals surface area contributed by atoms with E-state index in [1.807, 2.05) is 0 Å². The van der Waals surface area contributed by atoms with E-state index in [-0.39, 0.29) is 0 Å². The van der Waals surface area contributed by atoms with Gasteiger partial charge in [-0.3, -0.25) is 14.4 Å². The minimum Gasteiger partial charge on any atom is -0.480 e. The molecule has 0 radical (unpaired) electrons. The Kier molecular flexibility index (Phi) is 6.30. The smallest absolute Gasteiger partial charge is 0.344 e. The number of carbonyl (C=O) groups excluding carboxylic acids is 3. The van der Waals surface area contributed by atoms with Crippen molar-refractivity contribution < 1.29 is 33.8 Å². The fourth-order valence-corrected chi connectivity index (χ4v) is 0.746. The molecular weight excluding hydrogens is 234 g/mol. The van der Waals surface area contributed by atoms with E-state index < -0.39 is 43.6 Å². The van der Waals surface area contributed by atoms with Crippen molar-refractivity contribution in [2.45, 2.75) is 6.92 Å². The van der Waals surface area contributed by atoms with E-state index in [0.29, 0.717) is 0 Å². The summed E-state index contributed by atoms with van der Waals surface area (Å²) < 4.78 is 8.79. The van der Waals surface area contributed by atoms with Crippen molar-refractivity contribution in [3.05, 3.63) is 0 Å². The van der Waals surface area contributed by atoms with Gasteiger partial charge in [-0.05, 0) is 0 Å². The third-order valence-electron chi connectivity index (χ3n) is 1.55. The Morgan fingerprint density at radius 3 is 2.18 bits per heavy atom. The van der Waals surface area contributed by atoms with E-state index in [4.69, 9.17) is 5.11 Å². The number of hydrogen-bond acceptors (Lipinski definition) is 6. The van der Waals surface area contributed by atoms with Crippen LogP contribution in [0.4, 0.5) is 0 Å². The Morgan fingerprint density at radius 1 is 1.12 bits per heavy atom. The third kappa shape index (κ3) is 7.77. The monoisotopic (exact) mass is 247 g/mol. The second-order valence-electron chi connectivity index (χ2n) is 3.08. The van der Waals surface area contributed by atoms with Crippen molar-refractivity contribution in [2.75, 3.05) is 26.8 Å². The predicted molar refractivity (Wildman–Crippen MR) is 52.9 cm³/mol. The Balaban J connectivity index is 3.87. The summed E-state index contributed by atoms with van der Waals surface area (Å²) in [6.45, 7) is -0.533. The Morgan fingerprint density at radius 2 is 1.71 bits per heavy atom. The summed E-state index contributed by atoms with van der Waals surface area (Å²) in [5.41, 5.74) is 0. The SMILES string of the molecule is CC(=O)OCC(=O)OCC(=O)N(C)CC(=O)O. The minimum atomic E-state index is -1.17. The number of rotatable bonds is 6. The quantitative estimate of drug-likeness (QED) is 0.577. The molecule has 0 spiro atoms. The molecule has 8 heteroatoms. The van der Waals surface area contributed by atoms with E-state index in [0.717, 1.165) is 11.8 Å². The molecule has 0 aliphatic carbocycles. The van der Waals surface area contributed by atoms with Crippen LogP contribution in [0, 0.1) is 0 Å². The maximum atomic E-state index is 11.2. The fourth-order valence-electron chi connectivity index (χ4n) is 0.746. The molecule has 0 fully saturated rings. The molecule has 0 aliphatic rings. The summed E-state index contributed by atoms with van der Waals surface area (Å²) in [4.78, 5) is 43.6. The first-order valence-corrected chi connectivity index (χ1v) is 4.57. The topological polar surface area (TPSA) is 110 Å². The molecule has 1 amide bonds. The van der Waals surface area contributed by atoms with Gasteiger partial charge in [0, 0.05) is 14.0 Å². The number of esters is 2. The van der Waals surface area contributed by atoms with Gasteiger partial charge in [0.25, 0.3) is 5.91 Å². The highest BCUT2D eigenvalue weighted by molar-refractivity contribution is 5.84. The summed E-state index contributed by atoms with van der Waals surface area (Å²) in [6.07, 6.45) is 0. The van der Waals surface area contributed by atoms with Crippen molar-refractivity contribution in [1.82, 2.24) is 4.90 Å². The van der Waals surface area contributed by atoms with Gasteiger partial charge in [0.1, 0.15) is 6.54 Å². The molecule has 0 rings (SSSR count). The molecule has 0 saturated carbocycles. The van der Waals surface area contributed by atoms with Crippen molar-refractivity contribution in [2.24, 2.45) is 0 Å². The third-order valence-corrected chi connectivity index (χ3v) is 1.55. The molecular formula is C9H13NO7. The number of aliphatic carboxylic acids is 1. The normalized spacial score (nSPS) is 9.29. The zero-order chi connectivity index (χ0) is 13.4. The summed E-state index contributed by atoms with van der Waals surface area (Å²) >= 11 is 0. The van der Waals surface area contributed by atoms with E-state index >= 15 is 0 Å². The van der Waals surface area contributed by atoms with Crippen LogP contribution in [0.2, 0.25) is 0 Å². The van der Waals surface area contributed by atoms with Crippen LogP contribution in [0.15, 0.2) is 0 Å². The number of likely N-dealkylation sites (N-methyl/N-ethyl adjacent to an activating group) is 1. The van der Waals surface area contributed by atoms with Crippen molar-refractivity contribution in [3.63, 3.8) is 0 Å². The predicted octanol–water partition coefficient (Wildman–Crippen LogP) is -1.36. The average molecular weight is 247 g/mol. The van der Waals surface area contributed by atoms with Crippen molar-refractivity contribution in [3.8, 4) is 0 Å². The summed E-state index contributed by atoms with van der Waals surface area (Å²) in [5, 5.41) is 8.40. The van der Waals surface area contributed by atoms with Crippen LogP contribution in [0.25, 0.3) is 0 Å². The van der Waals surface area contributed by atoms with E-state index in [9.17, 15) is 19.2 Å². The average Bonchev–Trinajstić information content (AvgIpc) is 2.21. The van der Waals surface area contributed by atoms with E-state index in [1.54, 1.807) is 0 Å². The maximum absolute atomic E-state index is 11.2. The van der Waals surface area contributed by atoms with Crippen LogP contribution < -0.4 is 0 Å². The van der Waals surface area contributed by atoms with Crippen LogP contribution in [-0.4, -0.2) is 60.6 Å². The first-order valence-electron chi connectivity index (χ1n) is 4.57. The molecule has 0 atom stereocenters. The lowest BCUT2D eigenvalue weighted by molar-refractivity contribution is -0.161. The Hall–Kier alpha value is -2.12. The molecule has 0 bridgehead atoms. The lowest BCUT2D eigenvalue weighted by atomic mass is 10.5. The summed E-state index contributed by atoms with van der Waals surface area (Å²) in [6, 6.07) is 0. The first kappa shape index (κ1) is 14.9. The zero-order valence-electron chi connectivity index (χ0n) is 9.47. The standard InChI is InChI=1S/C9H13NO7/c1-6(11)16-5-9(15)17-4-7(12)10(2)3-8(13)14/h3-5H2,1-2H3,(H,13,14). The Bertz CT molecular complexity index is 325. The molecule has 0 saturated heterocycles. The second-order valence-corrected chi connectivity index (χ2v) is 3.08. The zero-order valence-corrected chi connectivity index (χ0v) is 9.47. The number of carboxylic acids is 1. The van der Waals surface area contributed by atoms with Crippen LogP contribution in [0.1, 0.15) is 6.92 Å². The molecule has 0 heterocycles. The van der Waals surface area contributed by atoms with Gasteiger partial charge in [0.15, 0.2) is 13.2 Å². The number of carbonyl (C=O) groups is 4. The lowest BCUT2D eigenvalue weighted by Crippen LogP contribution is -2.35. The van der Waals surface area contributed by atoms with Gasteiger partial charge in [-0.1, -0.05) is 0 Å². The molecule has 0 aromatic heterocycles. The van der Waals surface area contributed by atoms with Gasteiger partial charge in [0.2, 0.25) is 0 Å². The van der Waals surface area contributed by atoms with Crippen molar-refractivity contribution in [1.29, 1.82) is 0 Å². The molecule has 0 unspecified atom stereocenters. The van der Waals surface area contributed by atoms with Crippen LogP contribution in [-0.2, 0) is 28.7 Å². The molecule has 0 aliphatic heterocycles. The molecule has 96 valence electrons. The van der Waals surface area contributed by atoms with Crippen LogP contribution >= 0.6 is 0 Å². The van der Waals surface area contributed by atoms with Crippen LogP contribution in [0.5, 0.6) is 0 Å². The van der Waals surface area contributed by atoms with Gasteiger partial charge in [-0.25, -0.2) is 4.79 Å². The van der Waals surface area contributed by atoms with Crippen molar-refractivity contribution >= 4 is 23.8 Å². The lowest BCUT2D eigenvalue weighted by Gasteiger charge is -2.14. The van der Waals surface area contributed by atoms with Gasteiger partial charge in [0.05, 0.1) is 0 Å². The molecule has 8 nitrogen and oxygen atoms in total. The fraction of sp³-hybridized carbons (Fsp3) is 0.556. The highest BCUT2D eigenvalue weighted by Gasteiger charge is 2.14. The number of hydrogen-bond donors (Lipinski definition) is 1. The minimum absolute atomic E-state index is 0.486. The molecule has 0 aromatic carbocycles. The number of ether oxygens (including phenoxy) is 2. The van der Waals surface area contributed by atoms with E-state index in [2.05, 4.69) is 9.47 Å². The first-order chi connectivity index (χ1) is 7.82. The number of carboxylic acid groups (broad SMARTS) is 1. The highest BCUT2D eigenvalue weighted by Crippen LogP contribution is 1.89. The van der Waals surface area contributed by atoms with Crippen LogP contribution in [0.3, 0.4) is 0 Å². The number of amides is 1. The molecule has 17 heavy (non-hydrogen) atoms. The van der Waals surface area contributed by atoms with Gasteiger partial charge >= 0.3 is 17.9 Å². The van der Waals surface area contributed by atoms with Gasteiger partial charge in [-0.15, -0.1) is 0 Å². The highest BCUT2D eigenvalue weighted by atomic mass is 16.6. The second kappa shape index (κ2) is 7.20. The number of nitrogens with zero attached hydrogens (tertiary/aromatic N) is 1. The maximum Gasteiger partial charge on any atom is 0.344 e. The summed E-state index contributed by atoms with van der Waals surface area (Å²) in [5.74, 6) is -3.36. The molecule has 1 N–H and O–H groups in total. The van der Waals surface area contributed by atoms with Gasteiger partial charge < -0.3 is 19.5 Å². The summed E-state index contributed by atoms with van der Waals surface area (Å²) in [7, 11) is 1.26.